The van der Waals surface area contributed by atoms with Crippen LogP contribution < -0.4 is 4.74 Å². The first kappa shape index (κ1) is 17.5. The normalized spacial score (nSPS) is 11.4. The molecule has 2 heterocycles. The third-order valence-corrected chi connectivity index (χ3v) is 5.25. The molecule has 4 aromatic rings. The smallest absolute Gasteiger partial charge is 0.119 e. The van der Waals surface area contributed by atoms with Gasteiger partial charge < -0.3 is 9.30 Å². The maximum atomic E-state index is 5.82. The minimum absolute atomic E-state index is 0.732. The second kappa shape index (κ2) is 8.64. The van der Waals surface area contributed by atoms with Crippen LogP contribution in [-0.4, -0.2) is 21.1 Å². The van der Waals surface area contributed by atoms with Crippen LogP contribution in [0.1, 0.15) is 23.4 Å². The first-order valence-corrected chi connectivity index (χ1v) is 9.91. The number of aromatic nitrogens is 3. The standard InChI is InChI=1S/C22H21N3OS/c1-2-6-21-20(5-1)24-22(27-21)12-9-18-7-10-19(11-8-18)26-16-4-3-14-25-15-13-23-17-25/h1-2,5-13,15,17H,3-4,14,16H2/b12-9+. The van der Waals surface area contributed by atoms with Gasteiger partial charge in [0, 0.05) is 18.9 Å². The number of fused-ring (bicyclic) bond motifs is 1. The van der Waals surface area contributed by atoms with Gasteiger partial charge in [-0.05, 0) is 48.7 Å². The van der Waals surface area contributed by atoms with Gasteiger partial charge in [0.05, 0.1) is 23.2 Å². The predicted octanol–water partition coefficient (Wildman–Crippen LogP) is 5.52. The molecule has 5 heteroatoms. The summed E-state index contributed by atoms with van der Waals surface area (Å²) in [5.41, 5.74) is 2.20. The zero-order chi connectivity index (χ0) is 18.3. The molecule has 0 unspecified atom stereocenters. The Bertz CT molecular complexity index is 971. The highest BCUT2D eigenvalue weighted by Gasteiger charge is 2.00. The second-order valence-corrected chi connectivity index (χ2v) is 7.34. The van der Waals surface area contributed by atoms with E-state index < -0.39 is 0 Å². The minimum atomic E-state index is 0.732. The Morgan fingerprint density at radius 1 is 1.00 bits per heavy atom. The first-order chi connectivity index (χ1) is 13.4. The maximum Gasteiger partial charge on any atom is 0.119 e. The molecule has 27 heavy (non-hydrogen) atoms. The molecule has 0 fully saturated rings. The van der Waals surface area contributed by atoms with Gasteiger partial charge in [0.1, 0.15) is 10.8 Å². The van der Waals surface area contributed by atoms with Crippen molar-refractivity contribution in [3.05, 3.63) is 77.8 Å². The number of thiazole rings is 1. The van der Waals surface area contributed by atoms with Crippen molar-refractivity contribution in [3.63, 3.8) is 0 Å². The van der Waals surface area contributed by atoms with Crippen molar-refractivity contribution in [2.45, 2.75) is 19.4 Å². The second-order valence-electron chi connectivity index (χ2n) is 6.28. The summed E-state index contributed by atoms with van der Waals surface area (Å²) < 4.78 is 9.13. The van der Waals surface area contributed by atoms with Gasteiger partial charge in [-0.15, -0.1) is 11.3 Å². The van der Waals surface area contributed by atoms with Gasteiger partial charge in [-0.1, -0.05) is 30.3 Å². The molecule has 4 nitrogen and oxygen atoms in total. The lowest BCUT2D eigenvalue weighted by molar-refractivity contribution is 0.303. The number of hydrogen-bond acceptors (Lipinski definition) is 4. The van der Waals surface area contributed by atoms with Crippen molar-refractivity contribution in [3.8, 4) is 5.75 Å². The topological polar surface area (TPSA) is 39.9 Å². The van der Waals surface area contributed by atoms with E-state index in [1.54, 1.807) is 11.3 Å². The molecule has 136 valence electrons. The van der Waals surface area contributed by atoms with Gasteiger partial charge in [0.15, 0.2) is 0 Å². The molecule has 0 saturated carbocycles. The summed E-state index contributed by atoms with van der Waals surface area (Å²) in [6.45, 7) is 1.72. The first-order valence-electron chi connectivity index (χ1n) is 9.09. The van der Waals surface area contributed by atoms with Crippen molar-refractivity contribution in [2.24, 2.45) is 0 Å². The van der Waals surface area contributed by atoms with Gasteiger partial charge >= 0.3 is 0 Å². The fraction of sp³-hybridized carbons (Fsp3) is 0.182. The van der Waals surface area contributed by atoms with Gasteiger partial charge in [-0.3, -0.25) is 0 Å². The molecular weight excluding hydrogens is 354 g/mol. The van der Waals surface area contributed by atoms with Crippen LogP contribution >= 0.6 is 11.3 Å². The quantitative estimate of drug-likeness (QED) is 0.381. The van der Waals surface area contributed by atoms with Crippen LogP contribution in [0.2, 0.25) is 0 Å². The molecule has 0 aliphatic carbocycles. The summed E-state index contributed by atoms with van der Waals surface area (Å²) in [4.78, 5) is 8.67. The molecule has 0 bridgehead atoms. The molecule has 2 aromatic heterocycles. The highest BCUT2D eigenvalue weighted by Crippen LogP contribution is 2.23. The molecular formula is C22H21N3OS. The third kappa shape index (κ3) is 4.83. The Kier molecular flexibility index (Phi) is 5.60. The van der Waals surface area contributed by atoms with E-state index in [1.807, 2.05) is 49.1 Å². The average Bonchev–Trinajstić information content (AvgIpc) is 3.36. The van der Waals surface area contributed by atoms with Crippen molar-refractivity contribution < 1.29 is 4.74 Å². The van der Waals surface area contributed by atoms with Gasteiger partial charge in [-0.25, -0.2) is 9.97 Å². The van der Waals surface area contributed by atoms with Crippen LogP contribution in [0.4, 0.5) is 0 Å². The Morgan fingerprint density at radius 2 is 1.89 bits per heavy atom. The minimum Gasteiger partial charge on any atom is -0.494 e. The fourth-order valence-corrected chi connectivity index (χ4v) is 3.68. The van der Waals surface area contributed by atoms with E-state index in [0.717, 1.165) is 47.8 Å². The van der Waals surface area contributed by atoms with Gasteiger partial charge in [-0.2, -0.15) is 0 Å². The van der Waals surface area contributed by atoms with E-state index in [0.29, 0.717) is 0 Å². The summed E-state index contributed by atoms with van der Waals surface area (Å²) in [5, 5.41) is 1.02. The Labute approximate surface area is 162 Å². The predicted molar refractivity (Wildman–Crippen MR) is 112 cm³/mol. The number of para-hydroxylation sites is 1. The van der Waals surface area contributed by atoms with Crippen molar-refractivity contribution in [2.75, 3.05) is 6.61 Å². The highest BCUT2D eigenvalue weighted by molar-refractivity contribution is 7.19. The van der Waals surface area contributed by atoms with Crippen molar-refractivity contribution in [1.29, 1.82) is 0 Å². The number of nitrogens with zero attached hydrogens (tertiary/aromatic N) is 3. The molecule has 0 spiro atoms. The lowest BCUT2D eigenvalue weighted by Gasteiger charge is -2.06. The number of unbranched alkanes of at least 4 members (excludes halogenated alkanes) is 1. The van der Waals surface area contributed by atoms with E-state index in [2.05, 4.69) is 44.9 Å². The van der Waals surface area contributed by atoms with E-state index in [4.69, 9.17) is 4.74 Å². The number of aryl methyl sites for hydroxylation is 1. The van der Waals surface area contributed by atoms with Crippen LogP contribution in [0, 0.1) is 0 Å². The molecule has 4 rings (SSSR count). The zero-order valence-electron chi connectivity index (χ0n) is 15.0. The highest BCUT2D eigenvalue weighted by atomic mass is 32.1. The van der Waals surface area contributed by atoms with Crippen molar-refractivity contribution >= 4 is 33.7 Å². The van der Waals surface area contributed by atoms with Crippen molar-refractivity contribution in [1.82, 2.24) is 14.5 Å². The largest absolute Gasteiger partial charge is 0.494 e. The summed E-state index contributed by atoms with van der Waals surface area (Å²) in [7, 11) is 0. The van der Waals surface area contributed by atoms with Crippen LogP contribution in [0.15, 0.2) is 67.3 Å². The molecule has 0 saturated heterocycles. The van der Waals surface area contributed by atoms with Crippen LogP contribution in [0.3, 0.4) is 0 Å². The average molecular weight is 375 g/mol. The molecule has 0 radical (unpaired) electrons. The Balaban J connectivity index is 1.25. The maximum absolute atomic E-state index is 5.82. The summed E-state index contributed by atoms with van der Waals surface area (Å²) in [5.74, 6) is 0.912. The zero-order valence-corrected chi connectivity index (χ0v) is 15.8. The van der Waals surface area contributed by atoms with E-state index in [1.165, 1.54) is 4.70 Å². The Hall–Kier alpha value is -2.92. The molecule has 0 amide bonds. The Morgan fingerprint density at radius 3 is 2.70 bits per heavy atom. The van der Waals surface area contributed by atoms with E-state index in [-0.39, 0.29) is 0 Å². The molecule has 0 aliphatic rings. The van der Waals surface area contributed by atoms with Crippen LogP contribution in [-0.2, 0) is 6.54 Å². The van der Waals surface area contributed by atoms with Gasteiger partial charge in [0.25, 0.3) is 0 Å². The molecule has 2 aromatic carbocycles. The number of rotatable bonds is 8. The monoisotopic (exact) mass is 375 g/mol. The number of hydrogen-bond donors (Lipinski definition) is 0. The number of benzene rings is 2. The number of ether oxygens (including phenoxy) is 1. The lowest BCUT2D eigenvalue weighted by Crippen LogP contribution is -2.00. The summed E-state index contributed by atoms with van der Waals surface area (Å²) in [6.07, 6.45) is 11.9. The van der Waals surface area contributed by atoms with Gasteiger partial charge in [0.2, 0.25) is 0 Å². The molecule has 0 N–H and O–H groups in total. The number of imidazole rings is 1. The summed E-state index contributed by atoms with van der Waals surface area (Å²) >= 11 is 1.71. The van der Waals surface area contributed by atoms with Crippen LogP contribution in [0.25, 0.3) is 22.4 Å². The van der Waals surface area contributed by atoms with E-state index in [9.17, 15) is 0 Å². The fourth-order valence-electron chi connectivity index (χ4n) is 2.81. The summed E-state index contributed by atoms with van der Waals surface area (Å²) in [6, 6.07) is 16.4. The van der Waals surface area contributed by atoms with E-state index >= 15 is 0 Å². The van der Waals surface area contributed by atoms with Crippen LogP contribution in [0.5, 0.6) is 5.75 Å². The lowest BCUT2D eigenvalue weighted by atomic mass is 10.2. The third-order valence-electron chi connectivity index (χ3n) is 4.25. The SMILES string of the molecule is C(=C\c1nc2ccccc2s1)/c1ccc(OCCCCn2ccnc2)cc1. The molecule has 0 aliphatic heterocycles. The molecule has 0 atom stereocenters.